The molecule has 0 radical (unpaired) electrons. The molecular weight excluding hydrogens is 1420 g/mol. The molecule has 2 aromatic rings. The lowest BCUT2D eigenvalue weighted by atomic mass is 9.95. The highest BCUT2D eigenvalue weighted by atomic mass is 16.8. The van der Waals surface area contributed by atoms with Crippen LogP contribution in [0.3, 0.4) is 0 Å². The smallest absolute Gasteiger partial charge is 0.335 e. The molecular formula is C63H94N4O38. The fourth-order valence-electron chi connectivity index (χ4n) is 12.3. The van der Waals surface area contributed by atoms with Gasteiger partial charge >= 0.3 is 5.97 Å². The maximum Gasteiger partial charge on any atom is 0.335 e. The zero-order valence-electron chi connectivity index (χ0n) is 56.5. The van der Waals surface area contributed by atoms with Crippen molar-refractivity contribution in [3.63, 3.8) is 0 Å². The van der Waals surface area contributed by atoms with Crippen molar-refractivity contribution in [2.24, 2.45) is 0 Å². The van der Waals surface area contributed by atoms with E-state index in [-0.39, 0.29) is 56.2 Å². The van der Waals surface area contributed by atoms with Gasteiger partial charge in [0.05, 0.1) is 58.4 Å². The maximum absolute atomic E-state index is 13.0. The number of amides is 4. The Bertz CT molecular complexity index is 3090. The van der Waals surface area contributed by atoms with Crippen molar-refractivity contribution >= 4 is 29.6 Å². The highest BCUT2D eigenvalue weighted by Crippen LogP contribution is 2.37. The van der Waals surface area contributed by atoms with E-state index in [1.807, 2.05) is 0 Å². The molecule has 0 saturated carbocycles. The van der Waals surface area contributed by atoms with Gasteiger partial charge in [-0.25, -0.2) is 4.79 Å². The Labute approximate surface area is 597 Å². The Kier molecular flexibility index (Phi) is 31.9. The van der Waals surface area contributed by atoms with E-state index >= 15 is 0 Å². The summed E-state index contributed by atoms with van der Waals surface area (Å²) in [6, 6.07) is 7.34. The minimum Gasteiger partial charge on any atom is -0.484 e. The molecule has 594 valence electrons. The molecule has 4 amide bonds. The fraction of sp³-hybridized carbons (Fsp3) is 0.730. The van der Waals surface area contributed by atoms with Crippen LogP contribution >= 0.6 is 0 Å². The normalized spacial score (nSPS) is 37.9. The summed E-state index contributed by atoms with van der Waals surface area (Å²) in [6.07, 6.45) is -48.9. The van der Waals surface area contributed by atoms with Crippen molar-refractivity contribution in [3.05, 3.63) is 48.0 Å². The third-order valence-corrected chi connectivity index (χ3v) is 17.9. The first kappa shape index (κ1) is 84.8. The molecule has 6 aliphatic heterocycles. The van der Waals surface area contributed by atoms with E-state index in [1.165, 1.54) is 30.3 Å². The van der Waals surface area contributed by atoms with Crippen LogP contribution in [-0.2, 0) is 76.0 Å². The number of hydrogen-bond donors (Lipinski definition) is 23. The zero-order chi connectivity index (χ0) is 76.7. The molecule has 18 unspecified atom stereocenters. The van der Waals surface area contributed by atoms with Crippen molar-refractivity contribution in [2.45, 2.75) is 211 Å². The lowest BCUT2D eigenvalue weighted by Gasteiger charge is -2.48. The van der Waals surface area contributed by atoms with Gasteiger partial charge in [-0.3, -0.25) is 19.2 Å². The van der Waals surface area contributed by atoms with E-state index in [1.54, 1.807) is 12.1 Å². The largest absolute Gasteiger partial charge is 0.484 e. The van der Waals surface area contributed by atoms with Crippen molar-refractivity contribution in [1.82, 2.24) is 21.3 Å². The highest BCUT2D eigenvalue weighted by Gasteiger charge is 2.57. The summed E-state index contributed by atoms with van der Waals surface area (Å²) in [5.41, 5.74) is 0.499. The third kappa shape index (κ3) is 21.4. The Hall–Kier alpha value is -5.81. The summed E-state index contributed by atoms with van der Waals surface area (Å²) in [7, 11) is 0. The first-order valence-electron chi connectivity index (χ1n) is 33.5. The first-order chi connectivity index (χ1) is 50.1. The van der Waals surface area contributed by atoms with Gasteiger partial charge in [-0.05, 0) is 54.3 Å². The van der Waals surface area contributed by atoms with E-state index < -0.39 is 267 Å². The highest BCUT2D eigenvalue weighted by molar-refractivity contribution is 5.90. The number of benzene rings is 2. The Morgan fingerprint density at radius 3 is 1.14 bits per heavy atom. The molecule has 6 fully saturated rings. The van der Waals surface area contributed by atoms with Crippen LogP contribution in [0.4, 0.5) is 0 Å². The molecule has 6 aliphatic rings. The Balaban J connectivity index is 0.774. The topological polar surface area (TPSA) is 647 Å². The minimum absolute atomic E-state index is 0.00991. The van der Waals surface area contributed by atoms with Gasteiger partial charge in [0, 0.05) is 26.9 Å². The molecule has 8 rings (SSSR count). The van der Waals surface area contributed by atoms with Crippen LogP contribution in [0.2, 0.25) is 0 Å². The third-order valence-electron chi connectivity index (χ3n) is 17.9. The number of rotatable bonds is 34. The molecule has 0 spiro atoms. The molecule has 6 heterocycles. The molecule has 105 heavy (non-hydrogen) atoms. The number of ether oxygens (including phenoxy) is 14. The molecule has 0 aromatic heterocycles. The summed E-state index contributed by atoms with van der Waals surface area (Å²) in [6.45, 7) is -4.52. The number of aliphatic hydroxyl groups is 18. The predicted octanol–water partition coefficient (Wildman–Crippen LogP) is -12.0. The van der Waals surface area contributed by atoms with Crippen molar-refractivity contribution in [2.75, 3.05) is 79.2 Å². The summed E-state index contributed by atoms with van der Waals surface area (Å²) >= 11 is 0. The van der Waals surface area contributed by atoms with Crippen molar-refractivity contribution in [3.8, 4) is 22.6 Å². The Morgan fingerprint density at radius 2 is 0.752 bits per heavy atom. The fourth-order valence-corrected chi connectivity index (χ4v) is 12.3. The van der Waals surface area contributed by atoms with E-state index in [0.29, 0.717) is 11.1 Å². The first-order valence-corrected chi connectivity index (χ1v) is 33.5. The SMILES string of the molecule is CC(=O)NC1C(O)[C@H](O[C@@H]2OC(CO)[C@H](O)C(O[C@H]3OC(CO)[C@H](O)C(O)C3O)C2O)C(CO)O[C@H]1OCCCNC(=O)COc1cccc(-c2cc(OCC(=O)NCCCO[C@@H]3OC(CO)[C@@H](O[C@@H]4OC(CO)[C@H](O)C(O[C@H]5OC(CO)[C@H](O)C(O)C5O)C4O)C(O)C3NC(C)=O)cc(C(=O)O)c2)c1. The van der Waals surface area contributed by atoms with Crippen LogP contribution in [0, 0.1) is 0 Å². The van der Waals surface area contributed by atoms with E-state index in [9.17, 15) is 121 Å². The van der Waals surface area contributed by atoms with Crippen molar-refractivity contribution < 1.29 is 187 Å². The van der Waals surface area contributed by atoms with Gasteiger partial charge in [0.2, 0.25) is 11.8 Å². The standard InChI is InChI=1S/C63H94N4O38/c1-24(74)66-39-45(82)53(102-62-51(88)55(43(80)33(18-70)98-62)104-60-49(86)47(84)41(78)31(16-68)96-60)35(20-72)100-58(39)92-10-4-8-64-37(76)22-94-29-7-3-6-26(13-29)27-12-28(57(90)91)15-30(14-27)95-23-38(77)65-9-5-11-93-59-40(67-25(2)75)46(83)54(36(21-73)101-59)103-63-52(89)56(44(81)34(19-71)99-63)105-61-50(87)48(85)42(79)32(17-69)97-61/h3,6-7,12-15,31-36,39-56,58-63,68-73,78-89H,4-5,8-11,16-23H2,1-2H3,(H,64,76)(H,65,77)(H,66,74)(H,67,75)(H,90,91)/t31?,32?,33?,34?,35?,36?,39?,40?,41-,42-,43-,44-,45?,46?,47?,48?,49?,50?,51?,52?,53+,54+,55?,56?,58+,59+,60+,61+,62-,63-/m0/s1. The minimum atomic E-state index is -2.04. The molecule has 42 heteroatoms. The quantitative estimate of drug-likeness (QED) is 0.0289. The predicted molar refractivity (Wildman–Crippen MR) is 338 cm³/mol. The second kappa shape index (κ2) is 39.5. The molecule has 23 N–H and O–H groups in total. The molecule has 0 bridgehead atoms. The number of carboxylic acid groups (broad SMARTS) is 1. The van der Waals surface area contributed by atoms with Gasteiger partial charge in [0.25, 0.3) is 11.8 Å². The zero-order valence-corrected chi connectivity index (χ0v) is 56.5. The van der Waals surface area contributed by atoms with Crippen LogP contribution < -0.4 is 30.7 Å². The van der Waals surface area contributed by atoms with Gasteiger partial charge in [-0.2, -0.15) is 0 Å². The van der Waals surface area contributed by atoms with Gasteiger partial charge in [-0.15, -0.1) is 0 Å². The number of carbonyl (C=O) groups excluding carboxylic acids is 4. The average Bonchev–Trinajstić information content (AvgIpc) is 0.779. The summed E-state index contributed by atoms with van der Waals surface area (Å²) in [4.78, 5) is 63.0. The van der Waals surface area contributed by atoms with E-state index in [4.69, 9.17) is 66.3 Å². The molecule has 2 aromatic carbocycles. The molecule has 30 atom stereocenters. The van der Waals surface area contributed by atoms with E-state index in [2.05, 4.69) is 21.3 Å². The number of carboxylic acids is 1. The second-order valence-corrected chi connectivity index (χ2v) is 25.4. The number of aromatic carboxylic acids is 1. The van der Waals surface area contributed by atoms with Gasteiger partial charge in [0.15, 0.2) is 51.0 Å². The second-order valence-electron chi connectivity index (χ2n) is 25.4. The van der Waals surface area contributed by atoms with Crippen LogP contribution in [-0.4, -0.2) is 390 Å². The summed E-state index contributed by atoms with van der Waals surface area (Å²) in [5.74, 6) is -3.79. The van der Waals surface area contributed by atoms with Crippen LogP contribution in [0.5, 0.6) is 11.5 Å². The molecule has 0 aliphatic carbocycles. The Morgan fingerprint density at radius 1 is 0.390 bits per heavy atom. The maximum atomic E-state index is 13.0. The number of carbonyl (C=O) groups is 5. The average molecular weight is 1520 g/mol. The van der Waals surface area contributed by atoms with Crippen LogP contribution in [0.15, 0.2) is 42.5 Å². The number of nitrogens with one attached hydrogen (secondary N) is 4. The summed E-state index contributed by atoms with van der Waals surface area (Å²) in [5, 5.41) is 210. The molecule has 6 saturated heterocycles. The lowest BCUT2D eigenvalue weighted by molar-refractivity contribution is -0.376. The van der Waals surface area contributed by atoms with Crippen molar-refractivity contribution in [1.29, 1.82) is 0 Å². The van der Waals surface area contributed by atoms with Gasteiger partial charge < -0.3 is 185 Å². The number of hydrogen-bond acceptors (Lipinski definition) is 37. The summed E-state index contributed by atoms with van der Waals surface area (Å²) < 4.78 is 79.8. The number of aliphatic hydroxyl groups excluding tert-OH is 18. The van der Waals surface area contributed by atoms with Crippen LogP contribution in [0.25, 0.3) is 11.1 Å². The van der Waals surface area contributed by atoms with Gasteiger partial charge in [-0.1, -0.05) is 12.1 Å². The van der Waals surface area contributed by atoms with Gasteiger partial charge in [0.1, 0.15) is 158 Å². The van der Waals surface area contributed by atoms with Crippen LogP contribution in [0.1, 0.15) is 37.0 Å². The monoisotopic (exact) mass is 1510 g/mol. The lowest BCUT2D eigenvalue weighted by Crippen LogP contribution is -2.68. The van der Waals surface area contributed by atoms with E-state index in [0.717, 1.165) is 13.8 Å². The molecule has 42 nitrogen and oxygen atoms in total.